The lowest BCUT2D eigenvalue weighted by Crippen LogP contribution is -2.02. The minimum absolute atomic E-state index is 0.373. The first-order chi connectivity index (χ1) is 4.22. The smallest absolute Gasteiger partial charge is 0.0795 e. The predicted octanol–water partition coefficient (Wildman–Crippen LogP) is 1.88. The maximum Gasteiger partial charge on any atom is 0.0795 e. The van der Waals surface area contributed by atoms with Gasteiger partial charge in [0.05, 0.1) is 6.10 Å². The SMILES string of the molecule is C=C=C(CCC)[C@H](C)O. The van der Waals surface area contributed by atoms with Crippen molar-refractivity contribution >= 4 is 0 Å². The minimum Gasteiger partial charge on any atom is -0.388 e. The number of hydrogen-bond donors (Lipinski definition) is 1. The van der Waals surface area contributed by atoms with Crippen LogP contribution in [0.25, 0.3) is 0 Å². The van der Waals surface area contributed by atoms with Crippen LogP contribution in [0.1, 0.15) is 26.7 Å². The molecular weight excluding hydrogens is 112 g/mol. The second-order valence-corrected chi connectivity index (χ2v) is 2.13. The molecule has 1 atom stereocenters. The first-order valence-corrected chi connectivity index (χ1v) is 3.29. The van der Waals surface area contributed by atoms with E-state index in [0.29, 0.717) is 0 Å². The van der Waals surface area contributed by atoms with E-state index < -0.39 is 0 Å². The topological polar surface area (TPSA) is 20.2 Å². The normalized spacial score (nSPS) is 12.3. The van der Waals surface area contributed by atoms with Crippen LogP contribution in [0.2, 0.25) is 0 Å². The molecule has 0 heterocycles. The Balaban J connectivity index is 3.86. The molecule has 1 nitrogen and oxygen atoms in total. The second kappa shape index (κ2) is 4.37. The fourth-order valence-corrected chi connectivity index (χ4v) is 0.714. The average Bonchev–Trinajstić information content (AvgIpc) is 1.82. The quantitative estimate of drug-likeness (QED) is 0.572. The summed E-state index contributed by atoms with van der Waals surface area (Å²) in [6.45, 7) is 7.29. The molecule has 0 bridgehead atoms. The highest BCUT2D eigenvalue weighted by molar-refractivity contribution is 5.03. The van der Waals surface area contributed by atoms with E-state index in [1.807, 2.05) is 0 Å². The van der Waals surface area contributed by atoms with Gasteiger partial charge in [-0.05, 0) is 18.9 Å². The van der Waals surface area contributed by atoms with Crippen LogP contribution in [0.5, 0.6) is 0 Å². The van der Waals surface area contributed by atoms with Crippen molar-refractivity contribution in [3.8, 4) is 0 Å². The molecule has 0 aliphatic heterocycles. The van der Waals surface area contributed by atoms with Crippen LogP contribution in [0.3, 0.4) is 0 Å². The first kappa shape index (κ1) is 8.48. The Morgan fingerprint density at radius 2 is 2.33 bits per heavy atom. The minimum atomic E-state index is -0.373. The highest BCUT2D eigenvalue weighted by Crippen LogP contribution is 2.06. The molecule has 0 rings (SSSR count). The van der Waals surface area contributed by atoms with Gasteiger partial charge >= 0.3 is 0 Å². The monoisotopic (exact) mass is 126 g/mol. The van der Waals surface area contributed by atoms with Crippen molar-refractivity contribution in [3.63, 3.8) is 0 Å². The van der Waals surface area contributed by atoms with Crippen LogP contribution < -0.4 is 0 Å². The highest BCUT2D eigenvalue weighted by Gasteiger charge is 2.00. The first-order valence-electron chi connectivity index (χ1n) is 3.29. The molecule has 1 N–H and O–H groups in total. The van der Waals surface area contributed by atoms with E-state index in [1.54, 1.807) is 6.92 Å². The van der Waals surface area contributed by atoms with E-state index in [1.165, 1.54) is 0 Å². The van der Waals surface area contributed by atoms with E-state index >= 15 is 0 Å². The van der Waals surface area contributed by atoms with Crippen LogP contribution in [0.4, 0.5) is 0 Å². The van der Waals surface area contributed by atoms with Crippen molar-refractivity contribution in [1.82, 2.24) is 0 Å². The molecule has 0 amide bonds. The van der Waals surface area contributed by atoms with Gasteiger partial charge in [-0.15, -0.1) is 5.73 Å². The van der Waals surface area contributed by atoms with E-state index in [2.05, 4.69) is 19.2 Å². The largest absolute Gasteiger partial charge is 0.388 e. The predicted molar refractivity (Wildman–Crippen MR) is 39.2 cm³/mol. The van der Waals surface area contributed by atoms with Gasteiger partial charge in [-0.3, -0.25) is 0 Å². The maximum atomic E-state index is 9.00. The zero-order chi connectivity index (χ0) is 7.28. The van der Waals surface area contributed by atoms with Crippen molar-refractivity contribution in [1.29, 1.82) is 0 Å². The Bertz CT molecular complexity index is 119. The molecule has 0 aromatic rings. The summed E-state index contributed by atoms with van der Waals surface area (Å²) in [4.78, 5) is 0. The van der Waals surface area contributed by atoms with E-state index in [9.17, 15) is 0 Å². The van der Waals surface area contributed by atoms with Crippen molar-refractivity contribution in [2.24, 2.45) is 0 Å². The van der Waals surface area contributed by atoms with Crippen LogP contribution >= 0.6 is 0 Å². The summed E-state index contributed by atoms with van der Waals surface area (Å²) in [5.41, 5.74) is 3.63. The van der Waals surface area contributed by atoms with E-state index in [0.717, 1.165) is 18.4 Å². The molecule has 0 fully saturated rings. The number of hydrogen-bond acceptors (Lipinski definition) is 1. The Hall–Kier alpha value is -0.520. The summed E-state index contributed by atoms with van der Waals surface area (Å²) in [6, 6.07) is 0. The molecule has 0 saturated heterocycles. The molecule has 0 radical (unpaired) electrons. The van der Waals surface area contributed by atoms with Crippen molar-refractivity contribution in [2.75, 3.05) is 0 Å². The molecule has 1 heteroatoms. The summed E-state index contributed by atoms with van der Waals surface area (Å²) in [5.74, 6) is 0. The van der Waals surface area contributed by atoms with Gasteiger partial charge in [-0.2, -0.15) is 0 Å². The standard InChI is InChI=1S/C8H14O/c1-4-6-8(5-2)7(3)9/h7,9H,2,4,6H2,1,3H3/t7-/m0/s1. The van der Waals surface area contributed by atoms with Gasteiger partial charge < -0.3 is 5.11 Å². The summed E-state index contributed by atoms with van der Waals surface area (Å²) in [7, 11) is 0. The molecule has 9 heavy (non-hydrogen) atoms. The van der Waals surface area contributed by atoms with Gasteiger partial charge in [0.1, 0.15) is 0 Å². The molecule has 0 aliphatic carbocycles. The lowest BCUT2D eigenvalue weighted by Gasteiger charge is -2.04. The van der Waals surface area contributed by atoms with Gasteiger partial charge in [0.2, 0.25) is 0 Å². The Morgan fingerprint density at radius 3 is 2.44 bits per heavy atom. The number of rotatable bonds is 3. The lowest BCUT2D eigenvalue weighted by atomic mass is 10.1. The third-order valence-electron chi connectivity index (χ3n) is 1.25. The van der Waals surface area contributed by atoms with Crippen molar-refractivity contribution in [3.05, 3.63) is 17.9 Å². The number of aliphatic hydroxyl groups is 1. The summed E-state index contributed by atoms with van der Waals surface area (Å²) < 4.78 is 0. The third-order valence-corrected chi connectivity index (χ3v) is 1.25. The van der Waals surface area contributed by atoms with Gasteiger partial charge in [-0.1, -0.05) is 19.9 Å². The van der Waals surface area contributed by atoms with E-state index in [-0.39, 0.29) is 6.10 Å². The fraction of sp³-hybridized carbons (Fsp3) is 0.625. The molecule has 0 spiro atoms. The zero-order valence-corrected chi connectivity index (χ0v) is 6.15. The molecular formula is C8H14O. The Morgan fingerprint density at radius 1 is 1.78 bits per heavy atom. The fourth-order valence-electron chi connectivity index (χ4n) is 0.714. The molecule has 0 aliphatic rings. The summed E-state index contributed by atoms with van der Waals surface area (Å²) in [5, 5.41) is 9.00. The lowest BCUT2D eigenvalue weighted by molar-refractivity contribution is 0.227. The van der Waals surface area contributed by atoms with Crippen LogP contribution in [0, 0.1) is 0 Å². The van der Waals surface area contributed by atoms with Gasteiger partial charge in [0.25, 0.3) is 0 Å². The van der Waals surface area contributed by atoms with Crippen molar-refractivity contribution in [2.45, 2.75) is 32.8 Å². The maximum absolute atomic E-state index is 9.00. The Labute approximate surface area is 56.7 Å². The molecule has 0 aromatic carbocycles. The highest BCUT2D eigenvalue weighted by atomic mass is 16.3. The molecule has 52 valence electrons. The van der Waals surface area contributed by atoms with Gasteiger partial charge in [0.15, 0.2) is 0 Å². The van der Waals surface area contributed by atoms with Crippen LogP contribution in [-0.2, 0) is 0 Å². The van der Waals surface area contributed by atoms with Crippen LogP contribution in [-0.4, -0.2) is 11.2 Å². The summed E-state index contributed by atoms with van der Waals surface area (Å²) >= 11 is 0. The molecule has 0 unspecified atom stereocenters. The third kappa shape index (κ3) is 3.12. The van der Waals surface area contributed by atoms with Gasteiger partial charge in [-0.25, -0.2) is 0 Å². The number of aliphatic hydroxyl groups excluding tert-OH is 1. The Kier molecular flexibility index (Phi) is 4.12. The van der Waals surface area contributed by atoms with Crippen LogP contribution in [0.15, 0.2) is 17.9 Å². The molecule has 0 aromatic heterocycles. The zero-order valence-electron chi connectivity index (χ0n) is 6.15. The summed E-state index contributed by atoms with van der Waals surface area (Å²) in [6.07, 6.45) is 1.58. The van der Waals surface area contributed by atoms with E-state index in [4.69, 9.17) is 5.11 Å². The second-order valence-electron chi connectivity index (χ2n) is 2.13. The van der Waals surface area contributed by atoms with Gasteiger partial charge in [0, 0.05) is 0 Å². The molecule has 0 saturated carbocycles. The van der Waals surface area contributed by atoms with Crippen molar-refractivity contribution < 1.29 is 5.11 Å². The average molecular weight is 126 g/mol.